The van der Waals surface area contributed by atoms with Gasteiger partial charge < -0.3 is 4.57 Å². The van der Waals surface area contributed by atoms with Gasteiger partial charge in [-0.25, -0.2) is 4.98 Å². The molecule has 3 nitrogen and oxygen atoms in total. The summed E-state index contributed by atoms with van der Waals surface area (Å²) in [6.45, 7) is 0. The van der Waals surface area contributed by atoms with Gasteiger partial charge >= 0.3 is 6.18 Å². The maximum Gasteiger partial charge on any atom is 0.389 e. The van der Waals surface area contributed by atoms with Crippen molar-refractivity contribution in [1.29, 1.82) is 0 Å². The summed E-state index contributed by atoms with van der Waals surface area (Å²) in [5.74, 6) is -0.347. The van der Waals surface area contributed by atoms with Crippen LogP contribution in [0.3, 0.4) is 0 Å². The minimum absolute atomic E-state index is 0.115. The van der Waals surface area contributed by atoms with Gasteiger partial charge in [0.15, 0.2) is 5.78 Å². The third-order valence-electron chi connectivity index (χ3n) is 1.85. The highest BCUT2D eigenvalue weighted by Crippen LogP contribution is 2.22. The number of hydrogen-bond donors (Lipinski definition) is 0. The van der Waals surface area contributed by atoms with Crippen LogP contribution in [0.4, 0.5) is 13.2 Å². The van der Waals surface area contributed by atoms with Crippen LogP contribution in [0.2, 0.25) is 0 Å². The van der Waals surface area contributed by atoms with Gasteiger partial charge in [-0.1, -0.05) is 0 Å². The summed E-state index contributed by atoms with van der Waals surface area (Å²) in [7, 11) is 1.69. The Morgan fingerprint density at radius 1 is 1.53 bits per heavy atom. The summed E-state index contributed by atoms with van der Waals surface area (Å²) < 4.78 is 36.9. The number of rotatable bonds is 4. The summed E-state index contributed by atoms with van der Waals surface area (Å²) >= 11 is 0. The van der Waals surface area contributed by atoms with Crippen LogP contribution in [0.25, 0.3) is 0 Å². The molecule has 1 heterocycles. The van der Waals surface area contributed by atoms with Gasteiger partial charge in [-0.15, -0.1) is 0 Å². The van der Waals surface area contributed by atoms with Crippen molar-refractivity contribution < 1.29 is 18.0 Å². The van der Waals surface area contributed by atoms with Crippen molar-refractivity contribution in [2.45, 2.75) is 25.4 Å². The monoisotopic (exact) mass is 220 g/mol. The molecule has 1 aromatic heterocycles. The number of Topliss-reactive ketones (excluding diaryl/α,β-unsaturated/α-hetero) is 1. The van der Waals surface area contributed by atoms with Gasteiger partial charge in [0.2, 0.25) is 0 Å². The first kappa shape index (κ1) is 11.7. The number of carbonyl (C=O) groups is 1. The van der Waals surface area contributed by atoms with E-state index in [-0.39, 0.29) is 24.3 Å². The van der Waals surface area contributed by atoms with Gasteiger partial charge in [-0.3, -0.25) is 4.79 Å². The van der Waals surface area contributed by atoms with Crippen LogP contribution in [0, 0.1) is 0 Å². The minimum Gasteiger partial charge on any atom is -0.340 e. The molecule has 0 N–H and O–H groups in total. The summed E-state index contributed by atoms with van der Waals surface area (Å²) in [6.07, 6.45) is -2.47. The summed E-state index contributed by atoms with van der Waals surface area (Å²) in [6, 6.07) is 0. The zero-order chi connectivity index (χ0) is 11.5. The van der Waals surface area contributed by atoms with Gasteiger partial charge in [-0.2, -0.15) is 13.2 Å². The first-order chi connectivity index (χ1) is 6.88. The Hall–Kier alpha value is -1.33. The third-order valence-corrected chi connectivity index (χ3v) is 1.85. The van der Waals surface area contributed by atoms with Gasteiger partial charge in [0, 0.05) is 26.1 Å². The lowest BCUT2D eigenvalue weighted by atomic mass is 10.1. The molecule has 0 atom stereocenters. The van der Waals surface area contributed by atoms with E-state index in [1.165, 1.54) is 12.5 Å². The number of imidazole rings is 1. The highest BCUT2D eigenvalue weighted by atomic mass is 19.4. The number of halogens is 3. The first-order valence-corrected chi connectivity index (χ1v) is 4.46. The number of aromatic nitrogens is 2. The van der Waals surface area contributed by atoms with Crippen LogP contribution in [0.5, 0.6) is 0 Å². The van der Waals surface area contributed by atoms with Crippen molar-refractivity contribution in [3.8, 4) is 0 Å². The van der Waals surface area contributed by atoms with E-state index in [9.17, 15) is 18.0 Å². The van der Waals surface area contributed by atoms with Crippen molar-refractivity contribution in [3.63, 3.8) is 0 Å². The lowest BCUT2D eigenvalue weighted by molar-refractivity contribution is -0.135. The van der Waals surface area contributed by atoms with Gasteiger partial charge in [-0.05, 0) is 6.42 Å². The highest BCUT2D eigenvalue weighted by Gasteiger charge is 2.26. The van der Waals surface area contributed by atoms with Crippen LogP contribution in [-0.2, 0) is 7.05 Å². The molecule has 0 aliphatic heterocycles. The molecule has 1 rings (SSSR count). The normalized spacial score (nSPS) is 11.7. The number of hydrogen-bond acceptors (Lipinski definition) is 2. The molecule has 0 spiro atoms. The van der Waals surface area contributed by atoms with E-state index in [0.717, 1.165) is 0 Å². The Kier molecular flexibility index (Phi) is 3.49. The molecule has 0 bridgehead atoms. The van der Waals surface area contributed by atoms with Gasteiger partial charge in [0.05, 0.1) is 6.33 Å². The number of aryl methyl sites for hydroxylation is 1. The minimum atomic E-state index is -4.19. The third kappa shape index (κ3) is 4.14. The molecule has 84 valence electrons. The predicted octanol–water partition coefficient (Wildman–Crippen LogP) is 2.34. The first-order valence-electron chi connectivity index (χ1n) is 4.46. The Balaban J connectivity index is 2.37. The highest BCUT2D eigenvalue weighted by molar-refractivity contribution is 5.93. The molecule has 15 heavy (non-hydrogen) atoms. The summed E-state index contributed by atoms with van der Waals surface area (Å²) in [4.78, 5) is 15.1. The quantitative estimate of drug-likeness (QED) is 0.730. The molecule has 1 aromatic rings. The Morgan fingerprint density at radius 2 is 2.20 bits per heavy atom. The van der Waals surface area contributed by atoms with Crippen LogP contribution in [-0.4, -0.2) is 21.5 Å². The number of ketones is 1. The van der Waals surface area contributed by atoms with E-state index in [1.807, 2.05) is 0 Å². The zero-order valence-electron chi connectivity index (χ0n) is 8.21. The standard InChI is InChI=1S/C9H11F3N2O/c1-14-5-7(13-6-14)8(15)3-2-4-9(10,11)12/h5-6H,2-4H2,1H3. The largest absolute Gasteiger partial charge is 0.389 e. The lowest BCUT2D eigenvalue weighted by Gasteiger charge is -2.03. The molecule has 0 saturated carbocycles. The van der Waals surface area contributed by atoms with Gasteiger partial charge in [0.1, 0.15) is 5.69 Å². The van der Waals surface area contributed by atoms with Crippen molar-refractivity contribution in [3.05, 3.63) is 18.2 Å². The van der Waals surface area contributed by atoms with Crippen LogP contribution in [0.15, 0.2) is 12.5 Å². The number of carbonyl (C=O) groups excluding carboxylic acids is 1. The van der Waals surface area contributed by atoms with Crippen molar-refractivity contribution in [2.75, 3.05) is 0 Å². The molecule has 0 unspecified atom stereocenters. The molecule has 0 aromatic carbocycles. The maximum atomic E-state index is 11.8. The van der Waals surface area contributed by atoms with Crippen molar-refractivity contribution >= 4 is 5.78 Å². The second-order valence-electron chi connectivity index (χ2n) is 3.32. The van der Waals surface area contributed by atoms with E-state index in [1.54, 1.807) is 11.6 Å². The van der Waals surface area contributed by atoms with Gasteiger partial charge in [0.25, 0.3) is 0 Å². The maximum absolute atomic E-state index is 11.8. The van der Waals surface area contributed by atoms with Crippen LogP contribution in [0.1, 0.15) is 29.8 Å². The smallest absolute Gasteiger partial charge is 0.340 e. The van der Waals surface area contributed by atoms with E-state index in [2.05, 4.69) is 4.98 Å². The predicted molar refractivity (Wildman–Crippen MR) is 47.4 cm³/mol. The molecular formula is C9H11F3N2O. The van der Waals surface area contributed by atoms with Crippen molar-refractivity contribution in [2.24, 2.45) is 7.05 Å². The molecule has 0 fully saturated rings. The Morgan fingerprint density at radius 3 is 2.67 bits per heavy atom. The number of alkyl halides is 3. The van der Waals surface area contributed by atoms with Crippen LogP contribution < -0.4 is 0 Å². The Bertz CT molecular complexity index is 343. The van der Waals surface area contributed by atoms with E-state index in [0.29, 0.717) is 0 Å². The average Bonchev–Trinajstić information content (AvgIpc) is 2.49. The fourth-order valence-corrected chi connectivity index (χ4v) is 1.13. The van der Waals surface area contributed by atoms with Crippen LogP contribution >= 0.6 is 0 Å². The summed E-state index contributed by atoms with van der Waals surface area (Å²) in [5.41, 5.74) is 0.222. The second kappa shape index (κ2) is 4.46. The molecular weight excluding hydrogens is 209 g/mol. The molecule has 0 saturated heterocycles. The van der Waals surface area contributed by atoms with E-state index in [4.69, 9.17) is 0 Å². The second-order valence-corrected chi connectivity index (χ2v) is 3.32. The average molecular weight is 220 g/mol. The summed E-state index contributed by atoms with van der Waals surface area (Å²) in [5, 5.41) is 0. The topological polar surface area (TPSA) is 34.9 Å². The Labute approximate surface area is 84.9 Å². The molecule has 0 amide bonds. The molecule has 0 aliphatic carbocycles. The molecule has 6 heteroatoms. The SMILES string of the molecule is Cn1cnc(C(=O)CCCC(F)(F)F)c1. The fraction of sp³-hybridized carbons (Fsp3) is 0.556. The number of nitrogens with zero attached hydrogens (tertiary/aromatic N) is 2. The van der Waals surface area contributed by atoms with E-state index < -0.39 is 12.6 Å². The lowest BCUT2D eigenvalue weighted by Crippen LogP contribution is -2.08. The fourth-order valence-electron chi connectivity index (χ4n) is 1.13. The molecule has 0 radical (unpaired) electrons. The van der Waals surface area contributed by atoms with Crippen molar-refractivity contribution in [1.82, 2.24) is 9.55 Å². The molecule has 0 aliphatic rings. The van der Waals surface area contributed by atoms with E-state index >= 15 is 0 Å². The zero-order valence-corrected chi connectivity index (χ0v) is 8.21.